The van der Waals surface area contributed by atoms with Crippen molar-refractivity contribution in [3.8, 4) is 22.3 Å². The molecule has 5 aromatic rings. The number of rotatable bonds is 0. The van der Waals surface area contributed by atoms with Crippen LogP contribution in [-0.4, -0.2) is 4.98 Å². The minimum atomic E-state index is 0.950. The summed E-state index contributed by atoms with van der Waals surface area (Å²) in [6.45, 7) is 0. The molecule has 35 heavy (non-hydrogen) atoms. The van der Waals surface area contributed by atoms with Crippen molar-refractivity contribution in [2.24, 2.45) is 0 Å². The van der Waals surface area contributed by atoms with Crippen LogP contribution < -0.4 is 4.90 Å². The number of benzene rings is 4. The van der Waals surface area contributed by atoms with E-state index in [4.69, 9.17) is 4.98 Å². The highest BCUT2D eigenvalue weighted by Crippen LogP contribution is 2.56. The third kappa shape index (κ3) is 2.23. The molecule has 0 N–H and O–H groups in total. The lowest BCUT2D eigenvalue weighted by Gasteiger charge is -2.40. The summed E-state index contributed by atoms with van der Waals surface area (Å²) < 4.78 is 0. The highest BCUT2D eigenvalue weighted by Gasteiger charge is 2.38. The fraction of sp³-hybridized carbons (Fsp3) is 0.121. The second-order valence-electron chi connectivity index (χ2n) is 10.3. The lowest BCUT2D eigenvalue weighted by molar-refractivity contribution is 0.969. The number of nitrogens with zero attached hydrogens (tertiary/aromatic N) is 2. The number of hydrogen-bond donors (Lipinski definition) is 0. The molecule has 9 rings (SSSR count). The normalized spacial score (nSPS) is 14.9. The third-order valence-corrected chi connectivity index (χ3v) is 8.59. The summed E-state index contributed by atoms with van der Waals surface area (Å²) in [4.78, 5) is 7.43. The van der Waals surface area contributed by atoms with Gasteiger partial charge in [0, 0.05) is 19.0 Å². The van der Waals surface area contributed by atoms with Gasteiger partial charge >= 0.3 is 0 Å². The molecule has 164 valence electrons. The van der Waals surface area contributed by atoms with E-state index in [1.165, 1.54) is 78.1 Å². The first-order valence-corrected chi connectivity index (χ1v) is 12.6. The molecule has 0 unspecified atom stereocenters. The van der Waals surface area contributed by atoms with Gasteiger partial charge in [-0.2, -0.15) is 0 Å². The average molecular weight is 447 g/mol. The van der Waals surface area contributed by atoms with Crippen LogP contribution in [0.25, 0.3) is 22.3 Å². The maximum atomic E-state index is 4.94. The Bertz CT molecular complexity index is 1760. The van der Waals surface area contributed by atoms with Gasteiger partial charge in [-0.1, -0.05) is 66.7 Å². The Labute approximate surface area is 204 Å². The highest BCUT2D eigenvalue weighted by molar-refractivity contribution is 5.96. The monoisotopic (exact) mass is 446 g/mol. The van der Waals surface area contributed by atoms with Gasteiger partial charge in [0.1, 0.15) is 5.82 Å². The van der Waals surface area contributed by atoms with Gasteiger partial charge in [-0.25, -0.2) is 4.98 Å². The summed E-state index contributed by atoms with van der Waals surface area (Å²) >= 11 is 0. The Morgan fingerprint density at radius 2 is 1.29 bits per heavy atom. The van der Waals surface area contributed by atoms with Gasteiger partial charge in [0.05, 0.1) is 11.4 Å². The van der Waals surface area contributed by atoms with Crippen LogP contribution in [0.4, 0.5) is 17.2 Å². The van der Waals surface area contributed by atoms with E-state index >= 15 is 0 Å². The Morgan fingerprint density at radius 1 is 0.543 bits per heavy atom. The van der Waals surface area contributed by atoms with Crippen molar-refractivity contribution in [1.82, 2.24) is 4.98 Å². The van der Waals surface area contributed by atoms with Crippen LogP contribution in [0.1, 0.15) is 44.5 Å². The molecule has 0 radical (unpaired) electrons. The Kier molecular flexibility index (Phi) is 3.27. The van der Waals surface area contributed by atoms with E-state index in [2.05, 4.69) is 83.8 Å². The predicted octanol–water partition coefficient (Wildman–Crippen LogP) is 7.50. The lowest BCUT2D eigenvalue weighted by atomic mass is 9.81. The number of aromatic nitrogens is 1. The van der Waals surface area contributed by atoms with Crippen molar-refractivity contribution in [3.63, 3.8) is 0 Å². The number of anilines is 3. The molecule has 0 amide bonds. The molecule has 0 saturated carbocycles. The SMILES string of the molecule is c1ccc2c(c1)Cc1c-2ccc2c1Cc1cc3c(c4c1N2c1ncccc1C4)-c1ccccc1C3. The maximum absolute atomic E-state index is 4.94. The van der Waals surface area contributed by atoms with Crippen LogP contribution in [0, 0.1) is 0 Å². The van der Waals surface area contributed by atoms with Gasteiger partial charge < -0.3 is 0 Å². The fourth-order valence-electron chi connectivity index (χ4n) is 7.20. The van der Waals surface area contributed by atoms with Crippen LogP contribution >= 0.6 is 0 Å². The molecular formula is C33H22N2. The van der Waals surface area contributed by atoms with Crippen LogP contribution in [0.2, 0.25) is 0 Å². The van der Waals surface area contributed by atoms with E-state index in [0.29, 0.717) is 0 Å². The van der Waals surface area contributed by atoms with Gasteiger partial charge in [-0.3, -0.25) is 4.90 Å². The van der Waals surface area contributed by atoms with Crippen molar-refractivity contribution in [2.75, 3.05) is 4.90 Å². The van der Waals surface area contributed by atoms with E-state index in [-0.39, 0.29) is 0 Å². The summed E-state index contributed by atoms with van der Waals surface area (Å²) in [7, 11) is 0. The summed E-state index contributed by atoms with van der Waals surface area (Å²) in [6, 6.07) is 29.5. The molecule has 0 saturated heterocycles. The van der Waals surface area contributed by atoms with E-state index in [0.717, 1.165) is 31.5 Å². The zero-order valence-corrected chi connectivity index (χ0v) is 19.3. The van der Waals surface area contributed by atoms with Crippen LogP contribution in [0.15, 0.2) is 85.1 Å². The molecule has 0 atom stereocenters. The van der Waals surface area contributed by atoms with Gasteiger partial charge in [0.15, 0.2) is 0 Å². The van der Waals surface area contributed by atoms with Crippen molar-refractivity contribution in [2.45, 2.75) is 25.7 Å². The van der Waals surface area contributed by atoms with Crippen molar-refractivity contribution in [3.05, 3.63) is 130 Å². The van der Waals surface area contributed by atoms with E-state index in [1.54, 1.807) is 0 Å². The molecule has 1 aromatic heterocycles. The first kappa shape index (κ1) is 18.2. The molecule has 2 aliphatic carbocycles. The van der Waals surface area contributed by atoms with E-state index < -0.39 is 0 Å². The molecule has 2 heteroatoms. The topological polar surface area (TPSA) is 16.1 Å². The summed E-state index contributed by atoms with van der Waals surface area (Å²) in [6.07, 6.45) is 5.96. The molecule has 0 spiro atoms. The van der Waals surface area contributed by atoms with Crippen LogP contribution in [-0.2, 0) is 25.7 Å². The number of fused-ring (bicyclic) bond motifs is 12. The Hall–Kier alpha value is -4.17. The quantitative estimate of drug-likeness (QED) is 0.240. The molecular weight excluding hydrogens is 424 g/mol. The zero-order valence-electron chi connectivity index (χ0n) is 19.3. The number of hydrogen-bond acceptors (Lipinski definition) is 2. The van der Waals surface area contributed by atoms with Crippen LogP contribution in [0.5, 0.6) is 0 Å². The van der Waals surface area contributed by atoms with Crippen molar-refractivity contribution >= 4 is 17.2 Å². The first-order chi connectivity index (χ1) is 17.3. The van der Waals surface area contributed by atoms with E-state index in [1.807, 2.05) is 6.20 Å². The molecule has 4 aliphatic rings. The van der Waals surface area contributed by atoms with Crippen LogP contribution in [0.3, 0.4) is 0 Å². The zero-order chi connectivity index (χ0) is 22.7. The first-order valence-electron chi connectivity index (χ1n) is 12.6. The average Bonchev–Trinajstić information content (AvgIpc) is 3.47. The van der Waals surface area contributed by atoms with Gasteiger partial charge in [0.2, 0.25) is 0 Å². The lowest BCUT2D eigenvalue weighted by Crippen LogP contribution is -2.27. The van der Waals surface area contributed by atoms with E-state index in [9.17, 15) is 0 Å². The Balaban J connectivity index is 1.35. The fourth-order valence-corrected chi connectivity index (χ4v) is 7.20. The molecule has 3 heterocycles. The van der Waals surface area contributed by atoms with Gasteiger partial charge in [0.25, 0.3) is 0 Å². The third-order valence-electron chi connectivity index (χ3n) is 8.59. The van der Waals surface area contributed by atoms with Gasteiger partial charge in [-0.15, -0.1) is 0 Å². The molecule has 0 bridgehead atoms. The smallest absolute Gasteiger partial charge is 0.141 e. The summed E-state index contributed by atoms with van der Waals surface area (Å²) in [5.74, 6) is 1.10. The second kappa shape index (κ2) is 6.28. The molecule has 2 nitrogen and oxygen atoms in total. The standard InChI is InChI=1S/C33H22N2/c1-3-9-24-20(7-1)16-27-26(24)11-12-30-28(27)18-23-15-22-14-19-6-2-4-10-25(19)31(22)29-17-21-8-5-13-34-33(21)35(30)32(23)29/h1-13,15H,14,16-18H2. The van der Waals surface area contributed by atoms with Crippen molar-refractivity contribution in [1.29, 1.82) is 0 Å². The minimum Gasteiger partial charge on any atom is -0.294 e. The molecule has 4 aromatic carbocycles. The molecule has 0 fully saturated rings. The summed E-state index contributed by atoms with van der Waals surface area (Å²) in [5.41, 5.74) is 20.0. The second-order valence-corrected chi connectivity index (χ2v) is 10.3. The minimum absolute atomic E-state index is 0.950. The highest BCUT2D eigenvalue weighted by atomic mass is 15.2. The maximum Gasteiger partial charge on any atom is 0.141 e. The summed E-state index contributed by atoms with van der Waals surface area (Å²) in [5, 5.41) is 0. The van der Waals surface area contributed by atoms with Crippen molar-refractivity contribution < 1.29 is 0 Å². The predicted molar refractivity (Wildman–Crippen MR) is 141 cm³/mol. The largest absolute Gasteiger partial charge is 0.294 e. The molecule has 2 aliphatic heterocycles. The number of pyridine rings is 1. The van der Waals surface area contributed by atoms with Gasteiger partial charge in [-0.05, 0) is 91.7 Å². The Morgan fingerprint density at radius 3 is 2.20 bits per heavy atom.